The fraction of sp³-hybridized carbons (Fsp3) is 0.600. The Morgan fingerprint density at radius 2 is 2.17 bits per heavy atom. The molecule has 2 rings (SSSR count). The Bertz CT molecular complexity index is 432. The van der Waals surface area contributed by atoms with Crippen LogP contribution in [0.1, 0.15) is 12.1 Å². The van der Waals surface area contributed by atoms with E-state index in [2.05, 4.69) is 9.97 Å². The Hall–Kier alpha value is -1.18. The molecule has 1 unspecified atom stereocenters. The molecule has 1 aromatic rings. The summed E-state index contributed by atoms with van der Waals surface area (Å²) in [6.45, 7) is 0. The van der Waals surface area contributed by atoms with Crippen LogP contribution in [0.15, 0.2) is 6.07 Å². The van der Waals surface area contributed by atoms with Gasteiger partial charge in [-0.25, -0.2) is 4.98 Å². The second kappa shape index (κ2) is 4.83. The zero-order valence-corrected chi connectivity index (χ0v) is 10.6. The van der Waals surface area contributed by atoms with Crippen molar-refractivity contribution in [2.24, 2.45) is 0 Å². The molecule has 1 aromatic heterocycles. The van der Waals surface area contributed by atoms with E-state index in [4.69, 9.17) is 5.73 Å². The molecule has 8 heteroatoms. The third-order valence-corrected chi connectivity index (χ3v) is 3.98. The van der Waals surface area contributed by atoms with Gasteiger partial charge in [-0.3, -0.25) is 0 Å². The third-order valence-electron chi connectivity index (χ3n) is 2.84. The maximum Gasteiger partial charge on any atom is 0.433 e. The van der Waals surface area contributed by atoms with Crippen LogP contribution in [0.4, 0.5) is 24.9 Å². The molecule has 18 heavy (non-hydrogen) atoms. The molecule has 0 radical (unpaired) electrons. The van der Waals surface area contributed by atoms with Crippen LogP contribution in [0.5, 0.6) is 0 Å². The van der Waals surface area contributed by atoms with E-state index in [1.165, 1.54) is 0 Å². The molecule has 4 nitrogen and oxygen atoms in total. The first kappa shape index (κ1) is 13.3. The highest BCUT2D eigenvalue weighted by atomic mass is 32.2. The monoisotopic (exact) mass is 278 g/mol. The Morgan fingerprint density at radius 1 is 1.44 bits per heavy atom. The summed E-state index contributed by atoms with van der Waals surface area (Å²) in [7, 11) is 1.73. The van der Waals surface area contributed by atoms with Gasteiger partial charge in [-0.1, -0.05) is 0 Å². The number of nitrogens with zero attached hydrogens (tertiary/aromatic N) is 3. The second-order valence-corrected chi connectivity index (χ2v) is 5.25. The molecule has 0 aromatic carbocycles. The second-order valence-electron chi connectivity index (χ2n) is 4.10. The Balaban J connectivity index is 2.29. The number of rotatable bonds is 2. The number of anilines is 2. The van der Waals surface area contributed by atoms with Crippen LogP contribution < -0.4 is 10.6 Å². The zero-order chi connectivity index (χ0) is 13.3. The van der Waals surface area contributed by atoms with Crippen LogP contribution in [0.3, 0.4) is 0 Å². The van der Waals surface area contributed by atoms with Crippen LogP contribution >= 0.6 is 11.8 Å². The van der Waals surface area contributed by atoms with E-state index in [1.807, 2.05) is 0 Å². The first-order valence-electron chi connectivity index (χ1n) is 5.40. The van der Waals surface area contributed by atoms with Crippen molar-refractivity contribution in [1.29, 1.82) is 0 Å². The molecule has 1 aliphatic heterocycles. The Labute approximate surface area is 107 Å². The molecule has 2 N–H and O–H groups in total. The van der Waals surface area contributed by atoms with Crippen molar-refractivity contribution in [3.8, 4) is 0 Å². The van der Waals surface area contributed by atoms with Crippen LogP contribution in [0, 0.1) is 0 Å². The summed E-state index contributed by atoms with van der Waals surface area (Å²) in [4.78, 5) is 8.84. The number of hydrogen-bond donors (Lipinski definition) is 1. The minimum Gasteiger partial charge on any atom is -0.368 e. The molecule has 0 bridgehead atoms. The lowest BCUT2D eigenvalue weighted by Gasteiger charge is -2.25. The molecule has 1 aliphatic rings. The first-order valence-corrected chi connectivity index (χ1v) is 6.55. The predicted octanol–water partition coefficient (Wildman–Crippen LogP) is 2.02. The molecule has 1 atom stereocenters. The zero-order valence-electron chi connectivity index (χ0n) is 9.74. The van der Waals surface area contributed by atoms with Gasteiger partial charge in [0.25, 0.3) is 0 Å². The van der Waals surface area contributed by atoms with Crippen molar-refractivity contribution in [2.75, 3.05) is 29.2 Å². The van der Waals surface area contributed by atoms with Crippen molar-refractivity contribution in [2.45, 2.75) is 18.6 Å². The molecule has 0 aliphatic carbocycles. The smallest absolute Gasteiger partial charge is 0.368 e. The minimum atomic E-state index is -4.50. The number of alkyl halides is 3. The van der Waals surface area contributed by atoms with E-state index in [1.54, 1.807) is 23.7 Å². The summed E-state index contributed by atoms with van der Waals surface area (Å²) in [6, 6.07) is 1.14. The lowest BCUT2D eigenvalue weighted by molar-refractivity contribution is -0.141. The van der Waals surface area contributed by atoms with Crippen molar-refractivity contribution >= 4 is 23.5 Å². The summed E-state index contributed by atoms with van der Waals surface area (Å²) in [5.74, 6) is 1.78. The van der Waals surface area contributed by atoms with E-state index >= 15 is 0 Å². The van der Waals surface area contributed by atoms with Crippen LogP contribution in [0.2, 0.25) is 0 Å². The third kappa shape index (κ3) is 2.80. The maximum atomic E-state index is 12.6. The van der Waals surface area contributed by atoms with E-state index < -0.39 is 11.9 Å². The summed E-state index contributed by atoms with van der Waals surface area (Å²) in [6.07, 6.45) is -3.57. The molecule has 2 heterocycles. The number of nitrogens with two attached hydrogens (primary N) is 1. The summed E-state index contributed by atoms with van der Waals surface area (Å²) in [5.41, 5.74) is 4.34. The fourth-order valence-corrected chi connectivity index (χ4v) is 3.06. The van der Waals surface area contributed by atoms with Gasteiger partial charge in [0, 0.05) is 24.9 Å². The SMILES string of the molecule is CN(c1cc(C(F)(F)F)nc(N)n1)C1CCSC1. The topological polar surface area (TPSA) is 55.0 Å². The van der Waals surface area contributed by atoms with Gasteiger partial charge in [0.1, 0.15) is 5.82 Å². The molecular formula is C10H13F3N4S. The van der Waals surface area contributed by atoms with Gasteiger partial charge in [0.05, 0.1) is 0 Å². The lowest BCUT2D eigenvalue weighted by atomic mass is 10.2. The van der Waals surface area contributed by atoms with Crippen LogP contribution in [0.25, 0.3) is 0 Å². The molecule has 1 fully saturated rings. The number of hydrogen-bond acceptors (Lipinski definition) is 5. The van der Waals surface area contributed by atoms with Crippen molar-refractivity contribution in [3.05, 3.63) is 11.8 Å². The number of aromatic nitrogens is 2. The first-order chi connectivity index (χ1) is 8.38. The molecule has 1 saturated heterocycles. The van der Waals surface area contributed by atoms with E-state index in [0.29, 0.717) is 0 Å². The van der Waals surface area contributed by atoms with Gasteiger partial charge in [-0.2, -0.15) is 29.9 Å². The Morgan fingerprint density at radius 3 is 2.72 bits per heavy atom. The number of halogens is 3. The molecule has 0 amide bonds. The van der Waals surface area contributed by atoms with Gasteiger partial charge < -0.3 is 10.6 Å². The van der Waals surface area contributed by atoms with E-state index in [0.717, 1.165) is 24.0 Å². The highest BCUT2D eigenvalue weighted by Gasteiger charge is 2.34. The van der Waals surface area contributed by atoms with Gasteiger partial charge >= 0.3 is 6.18 Å². The summed E-state index contributed by atoms with van der Waals surface area (Å²) < 4.78 is 37.9. The number of thioether (sulfide) groups is 1. The Kier molecular flexibility index (Phi) is 3.56. The highest BCUT2D eigenvalue weighted by Crippen LogP contribution is 2.31. The standard InChI is InChI=1S/C10H13F3N4S/c1-17(6-2-3-18-5-6)8-4-7(10(11,12)13)15-9(14)16-8/h4,6H,2-3,5H2,1H3,(H2,14,15,16). The molecular weight excluding hydrogens is 265 g/mol. The minimum absolute atomic E-state index is 0.199. The van der Waals surface area contributed by atoms with Crippen LogP contribution in [-0.4, -0.2) is 34.6 Å². The van der Waals surface area contributed by atoms with Crippen molar-refractivity contribution < 1.29 is 13.2 Å². The molecule has 0 saturated carbocycles. The van der Waals surface area contributed by atoms with Gasteiger partial charge in [0.15, 0.2) is 5.69 Å². The largest absolute Gasteiger partial charge is 0.433 e. The van der Waals surface area contributed by atoms with Crippen molar-refractivity contribution in [3.63, 3.8) is 0 Å². The molecule has 0 spiro atoms. The predicted molar refractivity (Wildman–Crippen MR) is 65.6 cm³/mol. The fourth-order valence-electron chi connectivity index (χ4n) is 1.79. The van der Waals surface area contributed by atoms with Gasteiger partial charge in [-0.15, -0.1) is 0 Å². The lowest BCUT2D eigenvalue weighted by Crippen LogP contribution is -2.32. The average Bonchev–Trinajstić information content (AvgIpc) is 2.79. The average molecular weight is 278 g/mol. The van der Waals surface area contributed by atoms with Crippen LogP contribution in [-0.2, 0) is 6.18 Å². The van der Waals surface area contributed by atoms with E-state index in [9.17, 15) is 13.2 Å². The highest BCUT2D eigenvalue weighted by molar-refractivity contribution is 7.99. The molecule has 100 valence electrons. The number of nitrogen functional groups attached to an aromatic ring is 1. The van der Waals surface area contributed by atoms with Crippen molar-refractivity contribution in [1.82, 2.24) is 9.97 Å². The van der Waals surface area contributed by atoms with Gasteiger partial charge in [-0.05, 0) is 12.2 Å². The maximum absolute atomic E-state index is 12.6. The quantitative estimate of drug-likeness (QED) is 0.897. The summed E-state index contributed by atoms with van der Waals surface area (Å²) >= 11 is 1.78. The summed E-state index contributed by atoms with van der Waals surface area (Å²) in [5, 5.41) is 0. The van der Waals surface area contributed by atoms with Gasteiger partial charge in [0.2, 0.25) is 5.95 Å². The van der Waals surface area contributed by atoms with E-state index in [-0.39, 0.29) is 17.8 Å². The normalized spacial score (nSPS) is 20.1.